The third kappa shape index (κ3) is 6.35. The van der Waals surface area contributed by atoms with Crippen LogP contribution in [0.15, 0.2) is 42.5 Å². The minimum Gasteiger partial charge on any atom is -0.494 e. The normalized spacial score (nSPS) is 15.6. The molecule has 2 aromatic rings. The van der Waals surface area contributed by atoms with Crippen LogP contribution in [0.1, 0.15) is 19.8 Å². The number of carbonyl (C=O) groups excluding carboxylic acids is 3. The molecule has 1 aliphatic heterocycles. The molecule has 0 aromatic heterocycles. The summed E-state index contributed by atoms with van der Waals surface area (Å²) in [5.41, 5.74) is 1.08. The molecule has 31 heavy (non-hydrogen) atoms. The maximum Gasteiger partial charge on any atom is 0.311 e. The Bertz CT molecular complexity index is 945. The highest BCUT2D eigenvalue weighted by atomic mass is 35.5. The number of halogens is 2. The van der Waals surface area contributed by atoms with Gasteiger partial charge in [0.25, 0.3) is 5.91 Å². The second-order valence-electron chi connectivity index (χ2n) is 7.06. The summed E-state index contributed by atoms with van der Waals surface area (Å²) in [7, 11) is 0. The van der Waals surface area contributed by atoms with Crippen molar-refractivity contribution in [1.29, 1.82) is 0 Å². The number of carbonyl (C=O) groups is 3. The first kappa shape index (κ1) is 22.9. The highest BCUT2D eigenvalue weighted by Gasteiger charge is 2.36. The van der Waals surface area contributed by atoms with Crippen LogP contribution in [0.5, 0.6) is 5.75 Å². The smallest absolute Gasteiger partial charge is 0.311 e. The van der Waals surface area contributed by atoms with Gasteiger partial charge in [-0.3, -0.25) is 14.4 Å². The highest BCUT2D eigenvalue weighted by Crippen LogP contribution is 2.28. The van der Waals surface area contributed by atoms with Gasteiger partial charge in [-0.15, -0.1) is 0 Å². The lowest BCUT2D eigenvalue weighted by atomic mass is 10.1. The Balaban J connectivity index is 1.51. The van der Waals surface area contributed by atoms with E-state index in [-0.39, 0.29) is 18.9 Å². The van der Waals surface area contributed by atoms with E-state index in [2.05, 4.69) is 5.32 Å². The van der Waals surface area contributed by atoms with Crippen LogP contribution in [0.4, 0.5) is 11.4 Å². The van der Waals surface area contributed by atoms with E-state index in [9.17, 15) is 14.4 Å². The van der Waals surface area contributed by atoms with Crippen molar-refractivity contribution in [1.82, 2.24) is 0 Å². The predicted molar refractivity (Wildman–Crippen MR) is 119 cm³/mol. The van der Waals surface area contributed by atoms with Crippen LogP contribution in [0.2, 0.25) is 10.0 Å². The van der Waals surface area contributed by atoms with Crippen molar-refractivity contribution in [2.45, 2.75) is 19.8 Å². The standard InChI is InChI=1S/C22H22Cl2N2O5/c1-2-7-30-19-5-3-18(4-6-19)26-12-14(8-21(26)28)22(29)31-13-20(27)25-17-10-15(23)9-16(24)11-17/h3-6,9-11,14H,2,7-8,12-13H2,1H3,(H,25,27)/t14-/m0/s1. The van der Waals surface area contributed by atoms with E-state index in [0.717, 1.165) is 12.2 Å². The number of hydrogen-bond donors (Lipinski definition) is 1. The Labute approximate surface area is 190 Å². The monoisotopic (exact) mass is 464 g/mol. The van der Waals surface area contributed by atoms with Crippen LogP contribution in [0, 0.1) is 5.92 Å². The fourth-order valence-electron chi connectivity index (χ4n) is 3.13. The average Bonchev–Trinajstić information content (AvgIpc) is 3.12. The van der Waals surface area contributed by atoms with Gasteiger partial charge in [-0.25, -0.2) is 0 Å². The average molecular weight is 465 g/mol. The number of rotatable bonds is 8. The fraction of sp³-hybridized carbons (Fsp3) is 0.318. The molecule has 2 amide bonds. The number of nitrogens with zero attached hydrogens (tertiary/aromatic N) is 1. The Kier molecular flexibility index (Phi) is 7.76. The Hall–Kier alpha value is -2.77. The van der Waals surface area contributed by atoms with Crippen LogP contribution >= 0.6 is 23.2 Å². The molecule has 9 heteroatoms. The van der Waals surface area contributed by atoms with Crippen molar-refractivity contribution in [3.05, 3.63) is 52.5 Å². The van der Waals surface area contributed by atoms with Gasteiger partial charge >= 0.3 is 5.97 Å². The lowest BCUT2D eigenvalue weighted by molar-refractivity contribution is -0.151. The molecule has 0 bridgehead atoms. The van der Waals surface area contributed by atoms with Gasteiger partial charge in [0.1, 0.15) is 5.75 Å². The summed E-state index contributed by atoms with van der Waals surface area (Å²) in [6.07, 6.45) is 0.930. The van der Waals surface area contributed by atoms with Crippen molar-refractivity contribution in [2.75, 3.05) is 30.0 Å². The number of ether oxygens (including phenoxy) is 2. The van der Waals surface area contributed by atoms with Gasteiger partial charge in [0.05, 0.1) is 12.5 Å². The number of nitrogens with one attached hydrogen (secondary N) is 1. The minimum atomic E-state index is -0.642. The van der Waals surface area contributed by atoms with Gasteiger partial charge in [0.2, 0.25) is 5.91 Å². The molecule has 2 aromatic carbocycles. The maximum atomic E-state index is 12.4. The topological polar surface area (TPSA) is 84.9 Å². The fourth-order valence-corrected chi connectivity index (χ4v) is 3.66. The van der Waals surface area contributed by atoms with Crippen molar-refractivity contribution in [3.63, 3.8) is 0 Å². The first-order chi connectivity index (χ1) is 14.9. The quantitative estimate of drug-likeness (QED) is 0.588. The number of benzene rings is 2. The van der Waals surface area contributed by atoms with Gasteiger partial charge in [0.15, 0.2) is 6.61 Å². The third-order valence-electron chi connectivity index (χ3n) is 4.57. The number of anilines is 2. The van der Waals surface area contributed by atoms with Crippen molar-refractivity contribution < 1.29 is 23.9 Å². The number of esters is 1. The highest BCUT2D eigenvalue weighted by molar-refractivity contribution is 6.35. The van der Waals surface area contributed by atoms with Gasteiger partial charge in [-0.1, -0.05) is 30.1 Å². The molecular weight excluding hydrogens is 443 g/mol. The van der Waals surface area contributed by atoms with E-state index in [1.807, 2.05) is 6.92 Å². The zero-order valence-electron chi connectivity index (χ0n) is 16.9. The van der Waals surface area contributed by atoms with Crippen LogP contribution in [-0.4, -0.2) is 37.5 Å². The van der Waals surface area contributed by atoms with Crippen LogP contribution in [0.3, 0.4) is 0 Å². The Morgan fingerprint density at radius 3 is 2.45 bits per heavy atom. The summed E-state index contributed by atoms with van der Waals surface area (Å²) in [5.74, 6) is -1.23. The van der Waals surface area contributed by atoms with E-state index < -0.39 is 24.4 Å². The number of amides is 2. The number of hydrogen-bond acceptors (Lipinski definition) is 5. The van der Waals surface area contributed by atoms with E-state index in [1.54, 1.807) is 24.3 Å². The lowest BCUT2D eigenvalue weighted by Gasteiger charge is -2.17. The zero-order valence-corrected chi connectivity index (χ0v) is 18.4. The first-order valence-electron chi connectivity index (χ1n) is 9.81. The molecular formula is C22H22Cl2N2O5. The van der Waals surface area contributed by atoms with Gasteiger partial charge in [-0.2, -0.15) is 0 Å². The molecule has 0 unspecified atom stereocenters. The SMILES string of the molecule is CCCOc1ccc(N2C[C@@H](C(=O)OCC(=O)Nc3cc(Cl)cc(Cl)c3)CC2=O)cc1. The van der Waals surface area contributed by atoms with E-state index in [4.69, 9.17) is 32.7 Å². The third-order valence-corrected chi connectivity index (χ3v) is 5.01. The zero-order chi connectivity index (χ0) is 22.4. The van der Waals surface area contributed by atoms with Crippen molar-refractivity contribution in [2.24, 2.45) is 5.92 Å². The Morgan fingerprint density at radius 2 is 1.81 bits per heavy atom. The maximum absolute atomic E-state index is 12.4. The van der Waals surface area contributed by atoms with Crippen molar-refractivity contribution >= 4 is 52.4 Å². The molecule has 1 saturated heterocycles. The van der Waals surface area contributed by atoms with Gasteiger partial charge < -0.3 is 19.7 Å². The van der Waals surface area contributed by atoms with Gasteiger partial charge in [0, 0.05) is 34.4 Å². The lowest BCUT2D eigenvalue weighted by Crippen LogP contribution is -2.28. The summed E-state index contributed by atoms with van der Waals surface area (Å²) in [6, 6.07) is 11.7. The molecule has 1 atom stereocenters. The molecule has 1 heterocycles. The molecule has 0 radical (unpaired) electrons. The van der Waals surface area contributed by atoms with Crippen molar-refractivity contribution in [3.8, 4) is 5.75 Å². The molecule has 0 saturated carbocycles. The molecule has 7 nitrogen and oxygen atoms in total. The minimum absolute atomic E-state index is 0.0262. The summed E-state index contributed by atoms with van der Waals surface area (Å²) in [4.78, 5) is 38.3. The Morgan fingerprint density at radius 1 is 1.13 bits per heavy atom. The second-order valence-corrected chi connectivity index (χ2v) is 7.93. The largest absolute Gasteiger partial charge is 0.494 e. The second kappa shape index (κ2) is 10.5. The summed E-state index contributed by atoms with van der Waals surface area (Å²) in [5, 5.41) is 3.30. The summed E-state index contributed by atoms with van der Waals surface area (Å²) >= 11 is 11.8. The van der Waals surface area contributed by atoms with E-state index in [0.29, 0.717) is 28.0 Å². The predicted octanol–water partition coefficient (Wildman–Crippen LogP) is 4.32. The summed E-state index contributed by atoms with van der Waals surface area (Å²) in [6.45, 7) is 2.36. The molecule has 3 rings (SSSR count). The molecule has 0 spiro atoms. The first-order valence-corrected chi connectivity index (χ1v) is 10.6. The molecule has 1 fully saturated rings. The van der Waals surface area contributed by atoms with Gasteiger partial charge in [-0.05, 0) is 48.9 Å². The molecule has 164 valence electrons. The molecule has 1 N–H and O–H groups in total. The van der Waals surface area contributed by atoms with Crippen LogP contribution in [0.25, 0.3) is 0 Å². The van der Waals surface area contributed by atoms with Crippen LogP contribution in [-0.2, 0) is 19.1 Å². The molecule has 1 aliphatic rings. The van der Waals surface area contributed by atoms with E-state index in [1.165, 1.54) is 23.1 Å². The van der Waals surface area contributed by atoms with Crippen LogP contribution < -0.4 is 15.0 Å². The molecule has 0 aliphatic carbocycles. The van der Waals surface area contributed by atoms with E-state index >= 15 is 0 Å². The summed E-state index contributed by atoms with van der Waals surface area (Å²) < 4.78 is 10.6.